The topological polar surface area (TPSA) is 553 Å². The molecule has 0 saturated carbocycles. The van der Waals surface area contributed by atoms with Crippen LogP contribution in [-0.2, 0) is 67.1 Å². The average molecular weight is 1410 g/mol. The van der Waals surface area contributed by atoms with Crippen LogP contribution in [0.15, 0.2) is 0 Å². The third-order valence-corrected chi connectivity index (χ3v) is 17.3. The van der Waals surface area contributed by atoms with Crippen LogP contribution < -0.4 is 65.1 Å². The first-order valence-corrected chi connectivity index (χ1v) is 34.2. The molecule has 34 nitrogen and oxygen atoms in total. The molecule has 1 aliphatic heterocycles. The van der Waals surface area contributed by atoms with Crippen LogP contribution in [0.3, 0.4) is 0 Å². The number of nitrogens with two attached hydrogens (primary N) is 3. The Hall–Kier alpha value is -7.66. The number of unbranched alkanes of at least 4 members (excludes halogenated alkanes) is 4. The second-order valence-electron chi connectivity index (χ2n) is 27.5. The third kappa shape index (κ3) is 28.8. The number of nitrogens with zero attached hydrogens (tertiary/aromatic N) is 2. The number of aliphatic carboxylic acids is 1. The molecule has 99 heavy (non-hydrogen) atoms. The molecule has 18 unspecified atom stereocenters. The number of hydrogen-bond acceptors (Lipinski definition) is 20. The van der Waals surface area contributed by atoms with Gasteiger partial charge in [0.2, 0.25) is 76.8 Å². The molecule has 1 aliphatic rings. The zero-order valence-corrected chi connectivity index (χ0v) is 60.1. The summed E-state index contributed by atoms with van der Waals surface area (Å²) in [5, 5.41) is 86.5. The van der Waals surface area contributed by atoms with E-state index in [1.165, 1.54) is 20.8 Å². The normalized spacial score (nSPS) is 18.3. The van der Waals surface area contributed by atoms with Crippen molar-refractivity contribution in [1.82, 2.24) is 57.7 Å². The van der Waals surface area contributed by atoms with E-state index in [-0.39, 0.29) is 44.6 Å². The fourth-order valence-corrected chi connectivity index (χ4v) is 11.1. The number of primary amides is 2. The molecule has 0 radical (unpaired) electrons. The van der Waals surface area contributed by atoms with Crippen molar-refractivity contribution in [2.45, 2.75) is 283 Å². The monoisotopic (exact) mass is 1410 g/mol. The van der Waals surface area contributed by atoms with Crippen LogP contribution in [0.25, 0.3) is 0 Å². The molecule has 13 amide bonds. The predicted octanol–water partition coefficient (Wildman–Crippen LogP) is -3.99. The maximum absolute atomic E-state index is 14.6. The minimum atomic E-state index is -2.54. The summed E-state index contributed by atoms with van der Waals surface area (Å²) in [6, 6.07) is -18.8. The van der Waals surface area contributed by atoms with Gasteiger partial charge in [0.15, 0.2) is 12.1 Å². The highest BCUT2D eigenvalue weighted by atomic mass is 16.4. The van der Waals surface area contributed by atoms with Gasteiger partial charge in [0, 0.05) is 32.5 Å². The van der Waals surface area contributed by atoms with Crippen molar-refractivity contribution in [2.75, 3.05) is 13.6 Å². The van der Waals surface area contributed by atoms with E-state index in [1.807, 2.05) is 6.92 Å². The molecule has 1 rings (SSSR count). The first-order valence-electron chi connectivity index (χ1n) is 34.2. The van der Waals surface area contributed by atoms with Crippen LogP contribution in [0.2, 0.25) is 0 Å². The van der Waals surface area contributed by atoms with Gasteiger partial charge < -0.3 is 105 Å². The number of carbonyl (C=O) groups excluding carboxylic acids is 13. The number of amides is 13. The summed E-state index contributed by atoms with van der Waals surface area (Å²) in [7, 11) is 1.13. The van der Waals surface area contributed by atoms with Gasteiger partial charge in [0.05, 0.1) is 30.5 Å². The maximum Gasteiger partial charge on any atom is 0.328 e. The molecule has 21 N–H and O–H groups in total. The summed E-state index contributed by atoms with van der Waals surface area (Å²) in [4.78, 5) is 193. The number of likely N-dealkylation sites (tertiary alicyclic amines) is 1. The van der Waals surface area contributed by atoms with Crippen molar-refractivity contribution in [3.05, 3.63) is 0 Å². The van der Waals surface area contributed by atoms with Crippen LogP contribution in [0, 0.1) is 29.6 Å². The van der Waals surface area contributed by atoms with E-state index in [0.29, 0.717) is 6.42 Å². The highest BCUT2D eigenvalue weighted by Crippen LogP contribution is 2.23. The van der Waals surface area contributed by atoms with E-state index >= 15 is 0 Å². The molecule has 0 aromatic heterocycles. The first kappa shape index (κ1) is 89.4. The number of aliphatic hydroxyl groups is 5. The van der Waals surface area contributed by atoms with Crippen molar-refractivity contribution in [1.29, 1.82) is 0 Å². The molecule has 0 bridgehead atoms. The minimum Gasteiger partial charge on any atom is -0.480 e. The Bertz CT molecular complexity index is 2730. The van der Waals surface area contributed by atoms with Crippen LogP contribution in [0.1, 0.15) is 180 Å². The first-order chi connectivity index (χ1) is 46.0. The third-order valence-electron chi connectivity index (χ3n) is 17.3. The number of nitrogens with one attached hydrogen (secondary N) is 9. The maximum atomic E-state index is 14.6. The minimum absolute atomic E-state index is 0.0210. The summed E-state index contributed by atoms with van der Waals surface area (Å²) in [6.45, 7) is 21.5. The number of carboxylic acids is 1. The smallest absolute Gasteiger partial charge is 0.328 e. The van der Waals surface area contributed by atoms with Crippen molar-refractivity contribution < 1.29 is 97.8 Å². The lowest BCUT2D eigenvalue weighted by molar-refractivity contribution is -0.148. The van der Waals surface area contributed by atoms with E-state index in [9.17, 15) is 97.8 Å². The molecule has 566 valence electrons. The lowest BCUT2D eigenvalue weighted by atomic mass is 9.94. The summed E-state index contributed by atoms with van der Waals surface area (Å²) < 4.78 is 0. The van der Waals surface area contributed by atoms with E-state index in [0.717, 1.165) is 49.5 Å². The van der Waals surface area contributed by atoms with Gasteiger partial charge in [0.25, 0.3) is 0 Å². The fraction of sp³-hybridized carbons (Fsp3) is 0.785. The summed E-state index contributed by atoms with van der Waals surface area (Å²) in [6.07, 6.45) is -5.84. The lowest BCUT2D eigenvalue weighted by Crippen LogP contribution is -2.65. The van der Waals surface area contributed by atoms with Gasteiger partial charge in [-0.1, -0.05) is 115 Å². The molecule has 0 aromatic carbocycles. The average Bonchev–Trinajstić information content (AvgIpc) is 1.80. The molecule has 1 saturated heterocycles. The van der Waals surface area contributed by atoms with Crippen LogP contribution >= 0.6 is 0 Å². The quantitative estimate of drug-likeness (QED) is 0.0258. The lowest BCUT2D eigenvalue weighted by Gasteiger charge is -2.36. The molecule has 0 aliphatic carbocycles. The van der Waals surface area contributed by atoms with Gasteiger partial charge in [0.1, 0.15) is 54.4 Å². The predicted molar refractivity (Wildman–Crippen MR) is 360 cm³/mol. The largest absolute Gasteiger partial charge is 0.480 e. The van der Waals surface area contributed by atoms with E-state index in [1.54, 1.807) is 62.3 Å². The van der Waals surface area contributed by atoms with Gasteiger partial charge >= 0.3 is 5.97 Å². The van der Waals surface area contributed by atoms with Gasteiger partial charge in [-0.25, -0.2) is 4.79 Å². The van der Waals surface area contributed by atoms with Gasteiger partial charge in [-0.05, 0) is 82.5 Å². The Morgan fingerprint density at radius 1 is 0.535 bits per heavy atom. The molecule has 0 aromatic rings. The van der Waals surface area contributed by atoms with Gasteiger partial charge in [-0.3, -0.25) is 62.3 Å². The Morgan fingerprint density at radius 3 is 1.54 bits per heavy atom. The Kier molecular flexibility index (Phi) is 38.9. The van der Waals surface area contributed by atoms with E-state index in [2.05, 4.69) is 47.9 Å². The van der Waals surface area contributed by atoms with Crippen LogP contribution in [-0.4, -0.2) is 240 Å². The molecule has 18 atom stereocenters. The standard InChI is InChI=1S/C65H116N14O20/c1-16-18-19-20-21-23-38(29-43(83)72-44(31(5)6)58(91)77-49(65(98)99)52(85)33(9)10)69-59(92)45(36(13)80)73-56(89)40(28-30(3)4)71-57(90)41-24-22-27-79(41)64(97)46(37(14)81)74-61(94)48(53(86)54(68)87)76-62(95)50(34(11)17-2)78(15)63(96)39(25-26-42(67)82)70-60(93)47(51(84)32(7)8)75-55(88)35(12)66/h30-41,44-53,80-81,84-86H,16-29,66H2,1-15H3,(H2,67,82)(H2,68,87)(H,69,92)(H,70,93)(H,71,90)(H,72,83)(H,73,89)(H,74,94)(H,75,88)(H,76,95)(H,77,91)(H,98,99). The molecular weight excluding hydrogens is 1300 g/mol. The number of carbonyl (C=O) groups is 14. The van der Waals surface area contributed by atoms with E-state index in [4.69, 9.17) is 17.2 Å². The van der Waals surface area contributed by atoms with E-state index < -0.39 is 229 Å². The number of likely N-dealkylation sites (N-methyl/N-ethyl adjacent to an activating group) is 1. The highest BCUT2D eigenvalue weighted by Gasteiger charge is 2.45. The SMILES string of the molecule is CCCCCCCC(CC(=O)NC(C(=O)NC(C(=O)O)C(O)C(C)C)C(C)C)NC(=O)C(NC(=O)C(CC(C)C)NC(=O)C1CCCN1C(=O)C(NC(=O)C(NC(=O)C(C(C)CC)N(C)C(=O)C(CCC(N)=O)NC(=O)C(NC(=O)C(C)N)C(O)C(C)C)C(O)C(N)=O)C(C)O)C(C)O. The summed E-state index contributed by atoms with van der Waals surface area (Å²) in [5.74, 6) is -17.9. The molecule has 1 heterocycles. The number of carboxylic acid groups (broad SMARTS) is 1. The molecule has 0 spiro atoms. The molecule has 1 fully saturated rings. The van der Waals surface area contributed by atoms with Crippen molar-refractivity contribution in [3.8, 4) is 0 Å². The Labute approximate surface area is 580 Å². The van der Waals surface area contributed by atoms with Crippen molar-refractivity contribution in [3.63, 3.8) is 0 Å². The summed E-state index contributed by atoms with van der Waals surface area (Å²) in [5.41, 5.74) is 16.6. The molecular formula is C65H116N14O20. The number of hydrogen-bond donors (Lipinski definition) is 18. The van der Waals surface area contributed by atoms with Gasteiger partial charge in [-0.2, -0.15) is 0 Å². The van der Waals surface area contributed by atoms with Crippen molar-refractivity contribution >= 4 is 82.8 Å². The van der Waals surface area contributed by atoms with Gasteiger partial charge in [-0.15, -0.1) is 0 Å². The fourth-order valence-electron chi connectivity index (χ4n) is 11.1. The Balaban J connectivity index is 3.61. The van der Waals surface area contributed by atoms with Crippen LogP contribution in [0.4, 0.5) is 0 Å². The second-order valence-corrected chi connectivity index (χ2v) is 27.5. The summed E-state index contributed by atoms with van der Waals surface area (Å²) >= 11 is 0. The van der Waals surface area contributed by atoms with Crippen molar-refractivity contribution in [2.24, 2.45) is 46.8 Å². The number of aliphatic hydroxyl groups excluding tert-OH is 5. The van der Waals surface area contributed by atoms with Crippen LogP contribution in [0.5, 0.6) is 0 Å². The highest BCUT2D eigenvalue weighted by molar-refractivity contribution is 6.01. The second kappa shape index (κ2) is 43.1. The zero-order chi connectivity index (χ0) is 76.2. The number of rotatable bonds is 45. The molecule has 34 heteroatoms. The Morgan fingerprint density at radius 2 is 1.04 bits per heavy atom. The zero-order valence-electron chi connectivity index (χ0n) is 60.1.